The zero-order valence-electron chi connectivity index (χ0n) is 33.5. The quantitative estimate of drug-likeness (QED) is 0.209. The molecule has 0 radical (unpaired) electrons. The largest absolute Gasteiger partial charge is 0.507 e. The van der Waals surface area contributed by atoms with E-state index < -0.39 is 81.8 Å². The Morgan fingerprint density at radius 2 is 1.50 bits per heavy atom. The van der Waals surface area contributed by atoms with Crippen molar-refractivity contribution in [2.45, 2.75) is 120 Å². The highest BCUT2D eigenvalue weighted by Crippen LogP contribution is 2.57. The first-order valence-corrected chi connectivity index (χ1v) is 18.9. The Kier molecular flexibility index (Phi) is 8.51. The molecule has 4 N–H and O–H groups in total. The van der Waals surface area contributed by atoms with E-state index in [2.05, 4.69) is 0 Å². The number of ketones is 2. The molecule has 3 fully saturated rings. The number of aryl methyl sites for hydroxylation is 1. The SMILES string of the molecule is Cc1cc2c(c3oc(C4(C)OC4C4OC4(C)C)cc(=O)c13)C(=O)c1c(O)c(C3OC(C)(O)CC(O)C3(C)N(C)C)cc(C3=CC(N(C)C)C(O)C(C)O3)c1C2=O. The van der Waals surface area contributed by atoms with Gasteiger partial charge in [0.25, 0.3) is 0 Å². The van der Waals surface area contributed by atoms with Gasteiger partial charge in [-0.05, 0) is 100 Å². The summed E-state index contributed by atoms with van der Waals surface area (Å²) in [7, 11) is 7.01. The van der Waals surface area contributed by atoms with Crippen molar-refractivity contribution in [3.63, 3.8) is 0 Å². The molecule has 56 heavy (non-hydrogen) atoms. The summed E-state index contributed by atoms with van der Waals surface area (Å²) in [6.07, 6.45) is -3.28. The molecular weight excluding hydrogens is 724 g/mol. The Morgan fingerprint density at radius 3 is 2.11 bits per heavy atom. The van der Waals surface area contributed by atoms with Gasteiger partial charge in [0.15, 0.2) is 22.6 Å². The second-order valence-electron chi connectivity index (χ2n) is 17.7. The second kappa shape index (κ2) is 12.3. The first-order chi connectivity index (χ1) is 25.9. The molecule has 300 valence electrons. The molecule has 4 aliphatic heterocycles. The number of hydrogen-bond acceptors (Lipinski definition) is 14. The molecule has 5 heterocycles. The third-order valence-corrected chi connectivity index (χ3v) is 12.9. The summed E-state index contributed by atoms with van der Waals surface area (Å²) in [4.78, 5) is 47.6. The predicted molar refractivity (Wildman–Crippen MR) is 203 cm³/mol. The highest BCUT2D eigenvalue weighted by Gasteiger charge is 2.70. The number of carbonyl (C=O) groups is 2. The van der Waals surface area contributed by atoms with Gasteiger partial charge in [0, 0.05) is 34.7 Å². The maximum Gasteiger partial charge on any atom is 0.202 e. The molecule has 0 saturated carbocycles. The number of likely N-dealkylation sites (N-methyl/N-ethyl adjacent to an activating group) is 2. The van der Waals surface area contributed by atoms with Gasteiger partial charge in [-0.15, -0.1) is 0 Å². The number of phenols is 1. The van der Waals surface area contributed by atoms with Crippen molar-refractivity contribution < 1.29 is 53.4 Å². The topological polar surface area (TPSA) is 195 Å². The Balaban J connectivity index is 1.40. The highest BCUT2D eigenvalue weighted by molar-refractivity contribution is 6.33. The van der Waals surface area contributed by atoms with Crippen LogP contribution in [0.25, 0.3) is 16.7 Å². The average Bonchev–Trinajstić information content (AvgIpc) is 3.98. The van der Waals surface area contributed by atoms with Crippen molar-refractivity contribution >= 4 is 28.3 Å². The van der Waals surface area contributed by atoms with Crippen LogP contribution in [0.2, 0.25) is 0 Å². The number of aliphatic hydroxyl groups excluding tert-OH is 2. The molecule has 0 bridgehead atoms. The fourth-order valence-corrected chi connectivity index (χ4v) is 9.00. The minimum absolute atomic E-state index is 0.00408. The predicted octanol–water partition coefficient (Wildman–Crippen LogP) is 3.28. The maximum atomic E-state index is 15.2. The number of phenolic OH excluding ortho intramolecular Hbond substituents is 1. The van der Waals surface area contributed by atoms with E-state index in [0.717, 1.165) is 0 Å². The number of benzene rings is 2. The van der Waals surface area contributed by atoms with Crippen LogP contribution in [0.4, 0.5) is 0 Å². The molecule has 3 aromatic rings. The summed E-state index contributed by atoms with van der Waals surface area (Å²) in [6, 6.07) is 3.75. The van der Waals surface area contributed by atoms with Crippen LogP contribution in [0.1, 0.15) is 108 Å². The average molecular weight is 775 g/mol. The van der Waals surface area contributed by atoms with E-state index >= 15 is 9.59 Å². The Morgan fingerprint density at radius 1 is 0.839 bits per heavy atom. The number of ether oxygens (including phenoxy) is 4. The van der Waals surface area contributed by atoms with Crippen LogP contribution in [-0.4, -0.2) is 123 Å². The third kappa shape index (κ3) is 5.48. The number of nitrogens with zero attached hydrogens (tertiary/aromatic N) is 2. The van der Waals surface area contributed by atoms with Crippen LogP contribution >= 0.6 is 0 Å². The number of carbonyl (C=O) groups excluding carboxylic acids is 2. The van der Waals surface area contributed by atoms with E-state index in [-0.39, 0.29) is 68.4 Å². The van der Waals surface area contributed by atoms with Crippen molar-refractivity contribution in [2.24, 2.45) is 0 Å². The van der Waals surface area contributed by atoms with Crippen LogP contribution in [0.5, 0.6) is 5.75 Å². The lowest BCUT2D eigenvalue weighted by atomic mass is 9.73. The molecule has 14 nitrogen and oxygen atoms in total. The number of aromatic hydroxyl groups is 1. The van der Waals surface area contributed by atoms with Crippen LogP contribution in [-0.2, 0) is 24.5 Å². The maximum absolute atomic E-state index is 15.2. The summed E-state index contributed by atoms with van der Waals surface area (Å²) in [5, 5.41) is 46.3. The third-order valence-electron chi connectivity index (χ3n) is 12.9. The zero-order valence-corrected chi connectivity index (χ0v) is 33.5. The van der Waals surface area contributed by atoms with E-state index in [1.54, 1.807) is 71.8 Å². The highest BCUT2D eigenvalue weighted by atomic mass is 16.7. The fourth-order valence-electron chi connectivity index (χ4n) is 9.00. The molecule has 14 heteroatoms. The number of rotatable bonds is 6. The van der Waals surface area contributed by atoms with Gasteiger partial charge in [0.1, 0.15) is 53.4 Å². The molecule has 10 atom stereocenters. The number of fused-ring (bicyclic) bond motifs is 4. The van der Waals surface area contributed by atoms with Gasteiger partial charge >= 0.3 is 0 Å². The summed E-state index contributed by atoms with van der Waals surface area (Å²) in [6.45, 7) is 12.1. The molecule has 0 spiro atoms. The van der Waals surface area contributed by atoms with Gasteiger partial charge in [-0.25, -0.2) is 0 Å². The van der Waals surface area contributed by atoms with Crippen molar-refractivity contribution in [2.75, 3.05) is 28.2 Å². The fraction of sp³-hybridized carbons (Fsp3) is 0.548. The van der Waals surface area contributed by atoms with Gasteiger partial charge in [0.2, 0.25) is 5.78 Å². The van der Waals surface area contributed by atoms with Crippen molar-refractivity contribution in [3.05, 3.63) is 79.2 Å². The monoisotopic (exact) mass is 774 g/mol. The van der Waals surface area contributed by atoms with Gasteiger partial charge in [-0.1, -0.05) is 0 Å². The number of aliphatic hydroxyl groups is 3. The van der Waals surface area contributed by atoms with E-state index in [1.807, 2.05) is 13.8 Å². The zero-order chi connectivity index (χ0) is 40.9. The smallest absolute Gasteiger partial charge is 0.202 e. The van der Waals surface area contributed by atoms with Gasteiger partial charge < -0.3 is 48.7 Å². The summed E-state index contributed by atoms with van der Waals surface area (Å²) >= 11 is 0. The van der Waals surface area contributed by atoms with Crippen molar-refractivity contribution in [1.29, 1.82) is 0 Å². The van der Waals surface area contributed by atoms with Crippen molar-refractivity contribution in [3.8, 4) is 5.75 Å². The first kappa shape index (κ1) is 38.9. The van der Waals surface area contributed by atoms with E-state index in [4.69, 9.17) is 23.4 Å². The molecule has 0 amide bonds. The van der Waals surface area contributed by atoms with Gasteiger partial charge in [-0.3, -0.25) is 19.3 Å². The summed E-state index contributed by atoms with van der Waals surface area (Å²) < 4.78 is 30.9. The first-order valence-electron chi connectivity index (χ1n) is 18.9. The minimum Gasteiger partial charge on any atom is -0.507 e. The van der Waals surface area contributed by atoms with Crippen LogP contribution in [0.3, 0.4) is 0 Å². The molecule has 10 unspecified atom stereocenters. The molecular formula is C42H50N2O12. The normalized spacial score (nSPS) is 36.0. The lowest BCUT2D eigenvalue weighted by Crippen LogP contribution is -2.63. The number of hydrogen-bond donors (Lipinski definition) is 4. The van der Waals surface area contributed by atoms with E-state index in [1.165, 1.54) is 25.1 Å². The van der Waals surface area contributed by atoms with E-state index in [9.17, 15) is 25.2 Å². The Bertz CT molecular complexity index is 2330. The lowest BCUT2D eigenvalue weighted by molar-refractivity contribution is -0.303. The van der Waals surface area contributed by atoms with E-state index in [0.29, 0.717) is 5.56 Å². The standard InChI is InChI=1S/C42H50N2O12/c1-17-12-20-29(35-27(17)23(45)15-26(53-35)42(7)38(56-42)37-39(3,4)54-37)34(50)30-28(32(20)48)19(24-14-22(43(8)9)31(47)18(2)52-24)13-21(33(30)49)36-41(6,44(10)11)25(46)16-40(5,51)55-36/h12-15,18,22,25,31,36-38,46-47,49,51H,16H2,1-11H3. The molecule has 2 aromatic carbocycles. The Hall–Kier alpha value is -3.99. The summed E-state index contributed by atoms with van der Waals surface area (Å²) in [5.41, 5.74) is -3.53. The molecule has 1 aliphatic carbocycles. The van der Waals surface area contributed by atoms with Gasteiger partial charge in [0.05, 0.1) is 39.8 Å². The molecule has 8 rings (SSSR count). The van der Waals surface area contributed by atoms with Crippen LogP contribution < -0.4 is 5.43 Å². The number of epoxide rings is 2. The second-order valence-corrected chi connectivity index (χ2v) is 17.7. The molecule has 3 saturated heterocycles. The van der Waals surface area contributed by atoms with Crippen LogP contribution in [0.15, 0.2) is 33.5 Å². The van der Waals surface area contributed by atoms with Crippen molar-refractivity contribution in [1.82, 2.24) is 9.80 Å². The minimum atomic E-state index is -1.85. The summed E-state index contributed by atoms with van der Waals surface area (Å²) in [5.74, 6) is -3.56. The molecule has 1 aromatic heterocycles. The molecule has 5 aliphatic rings. The lowest BCUT2D eigenvalue weighted by Gasteiger charge is -2.53. The van der Waals surface area contributed by atoms with Gasteiger partial charge in [-0.2, -0.15) is 0 Å². The van der Waals surface area contributed by atoms with Crippen LogP contribution in [0, 0.1) is 6.92 Å². The Labute approximate surface area is 324 Å².